The van der Waals surface area contributed by atoms with Gasteiger partial charge < -0.3 is 4.90 Å². The predicted molar refractivity (Wildman–Crippen MR) is 123 cm³/mol. The van der Waals surface area contributed by atoms with E-state index in [0.29, 0.717) is 25.8 Å². The molecule has 0 unspecified atom stereocenters. The van der Waals surface area contributed by atoms with Crippen LogP contribution >= 0.6 is 39.1 Å². The molecule has 1 nitrogen and oxygen atoms in total. The molecule has 0 aromatic heterocycles. The molecule has 1 aliphatic heterocycles. The van der Waals surface area contributed by atoms with Crippen LogP contribution < -0.4 is 4.90 Å². The Morgan fingerprint density at radius 3 is 2.00 bits per heavy atom. The first kappa shape index (κ1) is 22.7. The fourth-order valence-electron chi connectivity index (χ4n) is 5.07. The van der Waals surface area contributed by atoms with E-state index in [1.807, 2.05) is 0 Å². The Hall–Kier alpha value is -2.09. The molecule has 0 bridgehead atoms. The third-order valence-electron chi connectivity index (χ3n) is 6.35. The molecule has 2 aliphatic rings. The summed E-state index contributed by atoms with van der Waals surface area (Å²) in [4.78, 5) is 1.13. The lowest BCUT2D eigenvalue weighted by atomic mass is 9.87. The van der Waals surface area contributed by atoms with Crippen molar-refractivity contribution >= 4 is 50.5 Å². The smallest absolute Gasteiger partial charge is 0.331 e. The SMILES string of the molecule is FC(F)=C(c1ccc(Cl)cc1)N1c2ccc(Br)cc2[C@H]2[C@@H]1[C@]2(c1ccc(Cl)cc1)C(F)(F)F. The van der Waals surface area contributed by atoms with Gasteiger partial charge in [-0.3, -0.25) is 0 Å². The number of alkyl halides is 3. The van der Waals surface area contributed by atoms with Crippen LogP contribution in [0.4, 0.5) is 27.6 Å². The second-order valence-corrected chi connectivity index (χ2v) is 9.77. The summed E-state index contributed by atoms with van der Waals surface area (Å²) >= 11 is 15.1. The highest BCUT2D eigenvalue weighted by Gasteiger charge is 2.83. The van der Waals surface area contributed by atoms with Crippen molar-refractivity contribution in [1.82, 2.24) is 0 Å². The summed E-state index contributed by atoms with van der Waals surface area (Å²) in [6, 6.07) is 14.5. The Bertz CT molecular complexity index is 1270. The summed E-state index contributed by atoms with van der Waals surface area (Å²) < 4.78 is 73.8. The van der Waals surface area contributed by atoms with E-state index >= 15 is 0 Å². The molecule has 3 aromatic carbocycles. The van der Waals surface area contributed by atoms with Crippen molar-refractivity contribution in [2.45, 2.75) is 23.6 Å². The lowest BCUT2D eigenvalue weighted by Crippen LogP contribution is -2.40. The molecule has 170 valence electrons. The number of nitrogens with zero attached hydrogens (tertiary/aromatic N) is 1. The van der Waals surface area contributed by atoms with Crippen LogP contribution in [0.2, 0.25) is 10.0 Å². The zero-order valence-electron chi connectivity index (χ0n) is 16.5. The van der Waals surface area contributed by atoms with E-state index in [9.17, 15) is 22.0 Å². The van der Waals surface area contributed by atoms with Gasteiger partial charge >= 0.3 is 6.18 Å². The van der Waals surface area contributed by atoms with Crippen LogP contribution in [0.5, 0.6) is 0 Å². The molecule has 1 saturated carbocycles. The molecule has 3 aromatic rings. The summed E-state index contributed by atoms with van der Waals surface area (Å²) in [5.41, 5.74) is -2.19. The predicted octanol–water partition coefficient (Wildman–Crippen LogP) is 8.81. The van der Waals surface area contributed by atoms with Crippen molar-refractivity contribution in [3.05, 3.63) is 104 Å². The molecule has 1 fully saturated rings. The van der Waals surface area contributed by atoms with E-state index in [1.165, 1.54) is 48.5 Å². The quantitative estimate of drug-likeness (QED) is 0.289. The van der Waals surface area contributed by atoms with Gasteiger partial charge in [-0.25, -0.2) is 0 Å². The van der Waals surface area contributed by atoms with Crippen LogP contribution in [0.25, 0.3) is 5.70 Å². The van der Waals surface area contributed by atoms with Crippen LogP contribution in [-0.2, 0) is 5.41 Å². The van der Waals surface area contributed by atoms with Crippen LogP contribution in [0.1, 0.15) is 22.6 Å². The highest BCUT2D eigenvalue weighted by molar-refractivity contribution is 9.10. The van der Waals surface area contributed by atoms with Gasteiger partial charge in [-0.1, -0.05) is 63.4 Å². The van der Waals surface area contributed by atoms with Gasteiger partial charge in [0, 0.05) is 31.7 Å². The average molecular weight is 561 g/mol. The van der Waals surface area contributed by atoms with Gasteiger partial charge in [-0.15, -0.1) is 0 Å². The number of halogens is 8. The fraction of sp³-hybridized carbons (Fsp3) is 0.167. The van der Waals surface area contributed by atoms with E-state index in [0.717, 1.165) is 4.90 Å². The van der Waals surface area contributed by atoms with Crippen molar-refractivity contribution in [3.8, 4) is 0 Å². The first-order valence-corrected chi connectivity index (χ1v) is 11.3. The molecular formula is C24H13BrCl2F5N. The molecular weight excluding hydrogens is 548 g/mol. The number of fused-ring (bicyclic) bond motifs is 3. The number of benzene rings is 3. The van der Waals surface area contributed by atoms with E-state index in [1.54, 1.807) is 18.2 Å². The lowest BCUT2D eigenvalue weighted by molar-refractivity contribution is -0.163. The largest absolute Gasteiger partial charge is 0.401 e. The van der Waals surface area contributed by atoms with Gasteiger partial charge in [-0.05, 0) is 53.6 Å². The van der Waals surface area contributed by atoms with Crippen LogP contribution in [0.3, 0.4) is 0 Å². The second kappa shape index (κ2) is 7.72. The van der Waals surface area contributed by atoms with Crippen molar-refractivity contribution in [3.63, 3.8) is 0 Å². The maximum atomic E-state index is 14.8. The number of rotatable bonds is 3. The summed E-state index contributed by atoms with van der Waals surface area (Å²) in [5, 5.41) is 0.622. The van der Waals surface area contributed by atoms with Gasteiger partial charge in [0.2, 0.25) is 0 Å². The second-order valence-electron chi connectivity index (χ2n) is 7.99. The van der Waals surface area contributed by atoms with Crippen molar-refractivity contribution < 1.29 is 22.0 Å². The standard InChI is InChI=1S/C24H13BrCl2F5N/c25-14-5-10-18-17(11-14)19-21(23(19,24(30,31)32)13-3-8-16(27)9-4-13)33(18)20(22(28)29)12-1-6-15(26)7-2-12/h1-11,19,21H/t19-,21+,23+/m0/s1. The molecule has 9 heteroatoms. The van der Waals surface area contributed by atoms with Gasteiger partial charge in [-0.2, -0.15) is 22.0 Å². The van der Waals surface area contributed by atoms with Crippen molar-refractivity contribution in [2.24, 2.45) is 0 Å². The molecule has 0 radical (unpaired) electrons. The summed E-state index contributed by atoms with van der Waals surface area (Å²) in [6.45, 7) is 0. The van der Waals surface area contributed by atoms with E-state index in [4.69, 9.17) is 23.2 Å². The van der Waals surface area contributed by atoms with Crippen LogP contribution in [0.15, 0.2) is 77.3 Å². The minimum Gasteiger partial charge on any atom is -0.331 e. The van der Waals surface area contributed by atoms with E-state index in [2.05, 4.69) is 15.9 Å². The Morgan fingerprint density at radius 1 is 0.879 bits per heavy atom. The minimum atomic E-state index is -4.70. The molecule has 0 saturated heterocycles. The Labute approximate surface area is 204 Å². The van der Waals surface area contributed by atoms with Crippen molar-refractivity contribution in [1.29, 1.82) is 0 Å². The van der Waals surface area contributed by atoms with Crippen molar-refractivity contribution in [2.75, 3.05) is 4.90 Å². The maximum Gasteiger partial charge on any atom is 0.401 e. The van der Waals surface area contributed by atoms with Crippen LogP contribution in [-0.4, -0.2) is 12.2 Å². The third-order valence-corrected chi connectivity index (χ3v) is 7.35. The van der Waals surface area contributed by atoms with E-state index < -0.39 is 35.3 Å². The molecule has 0 spiro atoms. The monoisotopic (exact) mass is 559 g/mol. The number of anilines is 1. The van der Waals surface area contributed by atoms with Crippen LogP contribution in [0, 0.1) is 0 Å². The summed E-state index contributed by atoms with van der Waals surface area (Å²) in [7, 11) is 0. The molecule has 5 rings (SSSR count). The maximum absolute atomic E-state index is 14.8. The molecule has 1 heterocycles. The van der Waals surface area contributed by atoms with Gasteiger partial charge in [0.1, 0.15) is 11.1 Å². The van der Waals surface area contributed by atoms with E-state index in [-0.39, 0.29) is 11.1 Å². The zero-order chi connectivity index (χ0) is 23.7. The molecule has 0 amide bonds. The zero-order valence-corrected chi connectivity index (χ0v) is 19.6. The Kier molecular flexibility index (Phi) is 5.31. The highest BCUT2D eigenvalue weighted by atomic mass is 79.9. The van der Waals surface area contributed by atoms with Gasteiger partial charge in [0.25, 0.3) is 6.08 Å². The third kappa shape index (κ3) is 3.31. The normalized spacial score (nSPS) is 23.2. The summed E-state index contributed by atoms with van der Waals surface area (Å²) in [5.74, 6) is -1.06. The topological polar surface area (TPSA) is 3.24 Å². The highest BCUT2D eigenvalue weighted by Crippen LogP contribution is 2.75. The summed E-state index contributed by atoms with van der Waals surface area (Å²) in [6.07, 6.45) is -6.78. The fourth-order valence-corrected chi connectivity index (χ4v) is 5.70. The first-order chi connectivity index (χ1) is 15.6. The minimum absolute atomic E-state index is 0.0141. The average Bonchev–Trinajstić information content (AvgIpc) is 3.35. The molecule has 33 heavy (non-hydrogen) atoms. The molecule has 0 N–H and O–H groups in total. The first-order valence-electron chi connectivity index (χ1n) is 9.80. The Morgan fingerprint density at radius 2 is 1.45 bits per heavy atom. The number of hydrogen-bond acceptors (Lipinski definition) is 1. The molecule has 3 atom stereocenters. The lowest BCUT2D eigenvalue weighted by Gasteiger charge is -2.33. The molecule has 1 aliphatic carbocycles. The number of hydrogen-bond donors (Lipinski definition) is 0. The van der Waals surface area contributed by atoms with Gasteiger partial charge in [0.15, 0.2) is 0 Å². The Balaban J connectivity index is 1.76. The van der Waals surface area contributed by atoms with Gasteiger partial charge in [0.05, 0.1) is 6.04 Å².